The Bertz CT molecular complexity index is 485. The van der Waals surface area contributed by atoms with E-state index in [2.05, 4.69) is 10.3 Å². The van der Waals surface area contributed by atoms with Gasteiger partial charge in [0.15, 0.2) is 5.17 Å². The Labute approximate surface area is 114 Å². The van der Waals surface area contributed by atoms with Gasteiger partial charge in [0.25, 0.3) is 0 Å². The Morgan fingerprint density at radius 2 is 1.95 bits per heavy atom. The molecule has 0 aliphatic carbocycles. The molecule has 0 bridgehead atoms. The molecule has 2 atom stereocenters. The minimum absolute atomic E-state index is 0.0579. The highest BCUT2D eigenvalue weighted by molar-refractivity contribution is 8.14. The normalized spacial score (nSPS) is 23.9. The molecule has 0 fully saturated rings. The predicted octanol–water partition coefficient (Wildman–Crippen LogP) is 4.39. The summed E-state index contributed by atoms with van der Waals surface area (Å²) in [5, 5.41) is 3.72. The van der Waals surface area contributed by atoms with Gasteiger partial charge in [-0.3, -0.25) is 4.99 Å². The van der Waals surface area contributed by atoms with Crippen LogP contribution in [-0.4, -0.2) is 16.5 Å². The predicted molar refractivity (Wildman–Crippen MR) is 73.6 cm³/mol. The van der Waals surface area contributed by atoms with Gasteiger partial charge in [-0.05, 0) is 25.5 Å². The molecule has 2 nitrogen and oxygen atoms in total. The summed E-state index contributed by atoms with van der Waals surface area (Å²) >= 11 is 1.48. The number of alkyl halides is 3. The van der Waals surface area contributed by atoms with Crippen LogP contribution in [0.5, 0.6) is 0 Å². The van der Waals surface area contributed by atoms with Gasteiger partial charge in [-0.25, -0.2) is 0 Å². The highest BCUT2D eigenvalue weighted by Crippen LogP contribution is 2.35. The van der Waals surface area contributed by atoms with Crippen LogP contribution in [0, 0.1) is 0 Å². The fourth-order valence-electron chi connectivity index (χ4n) is 2.02. The highest BCUT2D eigenvalue weighted by atomic mass is 32.2. The van der Waals surface area contributed by atoms with Crippen LogP contribution in [0.25, 0.3) is 0 Å². The molecule has 0 spiro atoms. The number of aliphatic imine (C=N–C) groups is 1. The fraction of sp³-hybridized carbons (Fsp3) is 0.462. The summed E-state index contributed by atoms with van der Waals surface area (Å²) in [7, 11) is 0. The number of rotatable bonds is 1. The maximum absolute atomic E-state index is 12.9. The molecule has 2 rings (SSSR count). The minimum atomic E-state index is -4.36. The van der Waals surface area contributed by atoms with E-state index in [9.17, 15) is 13.2 Å². The Balaban J connectivity index is 2.25. The molecule has 0 saturated carbocycles. The van der Waals surface area contributed by atoms with Gasteiger partial charge in [-0.15, -0.1) is 0 Å². The van der Waals surface area contributed by atoms with Gasteiger partial charge in [0.2, 0.25) is 0 Å². The molecule has 1 aromatic rings. The lowest BCUT2D eigenvalue weighted by Crippen LogP contribution is -2.23. The van der Waals surface area contributed by atoms with Crippen molar-refractivity contribution < 1.29 is 13.2 Å². The average Bonchev–Trinajstić information content (AvgIpc) is 2.26. The van der Waals surface area contributed by atoms with Crippen molar-refractivity contribution in [2.45, 2.75) is 37.7 Å². The molecular weight excluding hydrogens is 273 g/mol. The van der Waals surface area contributed by atoms with Gasteiger partial charge in [0, 0.05) is 5.25 Å². The van der Waals surface area contributed by atoms with Gasteiger partial charge >= 0.3 is 6.18 Å². The van der Waals surface area contributed by atoms with Crippen molar-refractivity contribution in [2.24, 2.45) is 4.99 Å². The minimum Gasteiger partial charge on any atom is -0.334 e. The molecule has 19 heavy (non-hydrogen) atoms. The van der Waals surface area contributed by atoms with Crippen molar-refractivity contribution in [1.29, 1.82) is 0 Å². The summed E-state index contributed by atoms with van der Waals surface area (Å²) in [6.45, 7) is 4.01. The quantitative estimate of drug-likeness (QED) is 0.829. The topological polar surface area (TPSA) is 24.4 Å². The number of benzene rings is 1. The third-order valence-corrected chi connectivity index (χ3v) is 3.82. The molecule has 1 N–H and O–H groups in total. The Hall–Kier alpha value is -1.17. The number of nitrogens with zero attached hydrogens (tertiary/aromatic N) is 1. The van der Waals surface area contributed by atoms with E-state index in [-0.39, 0.29) is 11.7 Å². The van der Waals surface area contributed by atoms with Gasteiger partial charge < -0.3 is 5.32 Å². The van der Waals surface area contributed by atoms with Gasteiger partial charge in [0.1, 0.15) is 0 Å². The van der Waals surface area contributed by atoms with E-state index in [1.54, 1.807) is 6.07 Å². The van der Waals surface area contributed by atoms with Crippen molar-refractivity contribution in [1.82, 2.24) is 0 Å². The Morgan fingerprint density at radius 3 is 2.58 bits per heavy atom. The lowest BCUT2D eigenvalue weighted by molar-refractivity contribution is -0.136. The third kappa shape index (κ3) is 3.65. The molecule has 0 aromatic heterocycles. The second-order valence-corrected chi connectivity index (χ2v) is 6.04. The first-order valence-corrected chi connectivity index (χ1v) is 6.92. The molecule has 0 saturated heterocycles. The number of amidine groups is 1. The molecule has 2 unspecified atom stereocenters. The summed E-state index contributed by atoms with van der Waals surface area (Å²) in [6, 6.07) is 5.60. The van der Waals surface area contributed by atoms with E-state index >= 15 is 0 Å². The number of halogens is 3. The molecule has 1 heterocycles. The summed E-state index contributed by atoms with van der Waals surface area (Å²) in [4.78, 5) is 4.35. The van der Waals surface area contributed by atoms with Crippen LogP contribution >= 0.6 is 11.8 Å². The largest absolute Gasteiger partial charge is 0.418 e. The van der Waals surface area contributed by atoms with Crippen LogP contribution in [-0.2, 0) is 6.18 Å². The van der Waals surface area contributed by atoms with E-state index in [4.69, 9.17) is 0 Å². The molecule has 1 aliphatic rings. The Kier molecular flexibility index (Phi) is 4.08. The Morgan fingerprint density at radius 1 is 1.26 bits per heavy atom. The third-order valence-electron chi connectivity index (χ3n) is 2.80. The van der Waals surface area contributed by atoms with Gasteiger partial charge in [-0.1, -0.05) is 30.8 Å². The lowest BCUT2D eigenvalue weighted by atomic mass is 10.1. The first-order chi connectivity index (χ1) is 8.86. The van der Waals surface area contributed by atoms with Crippen LogP contribution < -0.4 is 5.32 Å². The highest BCUT2D eigenvalue weighted by Gasteiger charge is 2.33. The van der Waals surface area contributed by atoms with E-state index in [1.165, 1.54) is 23.9 Å². The van der Waals surface area contributed by atoms with E-state index in [1.807, 2.05) is 13.8 Å². The first kappa shape index (κ1) is 14.2. The summed E-state index contributed by atoms with van der Waals surface area (Å²) in [5.74, 6) is 0. The molecule has 104 valence electrons. The van der Waals surface area contributed by atoms with Crippen LogP contribution in [0.2, 0.25) is 0 Å². The van der Waals surface area contributed by atoms with E-state index in [0.717, 1.165) is 12.5 Å². The van der Waals surface area contributed by atoms with Crippen LogP contribution in [0.4, 0.5) is 18.9 Å². The number of thioether (sulfide) groups is 1. The maximum atomic E-state index is 12.9. The van der Waals surface area contributed by atoms with Crippen LogP contribution in [0.1, 0.15) is 25.8 Å². The number of nitrogens with one attached hydrogen (secondary N) is 1. The van der Waals surface area contributed by atoms with Crippen molar-refractivity contribution >= 4 is 22.6 Å². The van der Waals surface area contributed by atoms with Crippen LogP contribution in [0.3, 0.4) is 0 Å². The second-order valence-electron chi connectivity index (χ2n) is 4.62. The van der Waals surface area contributed by atoms with E-state index in [0.29, 0.717) is 10.4 Å². The average molecular weight is 288 g/mol. The van der Waals surface area contributed by atoms with Crippen molar-refractivity contribution in [2.75, 3.05) is 5.32 Å². The van der Waals surface area contributed by atoms with Gasteiger partial charge in [-0.2, -0.15) is 13.2 Å². The standard InChI is InChI=1S/C13H15F3N2S/c1-8-7-9(2)19-12(17-8)18-11-6-4-3-5-10(11)13(14,15)16/h3-6,8-9H,7H2,1-2H3,(H,17,18). The number of hydrogen-bond donors (Lipinski definition) is 1. The number of para-hydroxylation sites is 1. The summed E-state index contributed by atoms with van der Waals surface area (Å²) in [5.41, 5.74) is -0.605. The summed E-state index contributed by atoms with van der Waals surface area (Å²) < 4.78 is 38.6. The van der Waals surface area contributed by atoms with E-state index < -0.39 is 11.7 Å². The zero-order valence-corrected chi connectivity index (χ0v) is 11.5. The molecule has 0 radical (unpaired) electrons. The van der Waals surface area contributed by atoms with Crippen molar-refractivity contribution in [3.63, 3.8) is 0 Å². The molecule has 0 amide bonds. The monoisotopic (exact) mass is 288 g/mol. The SMILES string of the molecule is CC1CC(C)SC(Nc2ccccc2C(F)(F)F)=N1. The number of hydrogen-bond acceptors (Lipinski definition) is 3. The first-order valence-electron chi connectivity index (χ1n) is 6.04. The molecular formula is C13H15F3N2S. The lowest BCUT2D eigenvalue weighted by Gasteiger charge is -2.24. The zero-order valence-electron chi connectivity index (χ0n) is 10.7. The van der Waals surface area contributed by atoms with Crippen molar-refractivity contribution in [3.05, 3.63) is 29.8 Å². The number of anilines is 1. The second kappa shape index (κ2) is 5.45. The van der Waals surface area contributed by atoms with Crippen molar-refractivity contribution in [3.8, 4) is 0 Å². The smallest absolute Gasteiger partial charge is 0.334 e. The van der Waals surface area contributed by atoms with Gasteiger partial charge in [0.05, 0.1) is 17.3 Å². The molecule has 1 aliphatic heterocycles. The zero-order chi connectivity index (χ0) is 14.0. The summed E-state index contributed by atoms with van der Waals surface area (Å²) in [6.07, 6.45) is -3.42. The fourth-order valence-corrected chi connectivity index (χ4v) is 3.18. The van der Waals surface area contributed by atoms with Crippen LogP contribution in [0.15, 0.2) is 29.3 Å². The maximum Gasteiger partial charge on any atom is 0.418 e. The molecule has 6 heteroatoms. The molecule has 1 aromatic carbocycles.